The molecule has 0 spiro atoms. The van der Waals surface area contributed by atoms with E-state index >= 15 is 0 Å². The number of ketones is 1. The first-order valence-corrected chi connectivity index (χ1v) is 9.01. The van der Waals surface area contributed by atoms with Crippen LogP contribution in [0.1, 0.15) is 18.4 Å². The number of aryl methyl sites for hydroxylation is 1. The smallest absolute Gasteiger partial charge is 0.409 e. The van der Waals surface area contributed by atoms with Gasteiger partial charge in [0.05, 0.1) is 0 Å². The molecule has 1 amide bonds. The molecule has 1 atom stereocenters. The SMILES string of the molecule is O=C(CCc1ccc(Cl)cc1)[C@@H]1CCN(C(=O)OCC(Cl)(Cl)Cl)C1. The molecule has 1 heterocycles. The molecule has 1 saturated heterocycles. The zero-order valence-corrected chi connectivity index (χ0v) is 15.8. The molecular weight excluding hydrogens is 396 g/mol. The summed E-state index contributed by atoms with van der Waals surface area (Å²) in [6.45, 7) is 0.496. The van der Waals surface area contributed by atoms with Gasteiger partial charge in [-0.25, -0.2) is 4.79 Å². The molecule has 0 aromatic heterocycles. The highest BCUT2D eigenvalue weighted by atomic mass is 35.6. The van der Waals surface area contributed by atoms with E-state index in [2.05, 4.69) is 0 Å². The van der Waals surface area contributed by atoms with Crippen molar-refractivity contribution >= 4 is 58.3 Å². The Hall–Kier alpha value is -0.680. The summed E-state index contributed by atoms with van der Waals surface area (Å²) >= 11 is 22.5. The number of halogens is 4. The zero-order valence-electron chi connectivity index (χ0n) is 12.8. The van der Waals surface area contributed by atoms with Gasteiger partial charge in [-0.3, -0.25) is 4.79 Å². The highest BCUT2D eigenvalue weighted by Gasteiger charge is 2.32. The van der Waals surface area contributed by atoms with Crippen molar-refractivity contribution in [3.8, 4) is 0 Å². The maximum atomic E-state index is 12.3. The average molecular weight is 413 g/mol. The van der Waals surface area contributed by atoms with E-state index in [4.69, 9.17) is 51.1 Å². The third kappa shape index (κ3) is 6.32. The molecule has 0 radical (unpaired) electrons. The van der Waals surface area contributed by atoms with E-state index in [1.165, 1.54) is 4.90 Å². The molecular formula is C16H17Cl4NO3. The van der Waals surface area contributed by atoms with E-state index in [0.29, 0.717) is 37.4 Å². The number of hydrogen-bond donors (Lipinski definition) is 0. The number of nitrogens with zero attached hydrogens (tertiary/aromatic N) is 1. The summed E-state index contributed by atoms with van der Waals surface area (Å²) < 4.78 is 3.29. The summed E-state index contributed by atoms with van der Waals surface area (Å²) in [4.78, 5) is 25.7. The van der Waals surface area contributed by atoms with Crippen LogP contribution in [0, 0.1) is 5.92 Å². The second kappa shape index (κ2) is 8.61. The zero-order chi connectivity index (χ0) is 17.7. The van der Waals surface area contributed by atoms with Crippen LogP contribution in [-0.4, -0.2) is 40.3 Å². The van der Waals surface area contributed by atoms with Crippen LogP contribution in [0.2, 0.25) is 5.02 Å². The van der Waals surface area contributed by atoms with Gasteiger partial charge in [-0.15, -0.1) is 0 Å². The van der Waals surface area contributed by atoms with Gasteiger partial charge in [-0.05, 0) is 30.5 Å². The van der Waals surface area contributed by atoms with Gasteiger partial charge in [-0.2, -0.15) is 0 Å². The van der Waals surface area contributed by atoms with Crippen molar-refractivity contribution < 1.29 is 14.3 Å². The fourth-order valence-corrected chi connectivity index (χ4v) is 2.84. The second-order valence-electron chi connectivity index (χ2n) is 5.69. The number of alkyl halides is 3. The number of amides is 1. The first-order valence-electron chi connectivity index (χ1n) is 7.50. The van der Waals surface area contributed by atoms with Gasteiger partial charge in [-0.1, -0.05) is 58.5 Å². The van der Waals surface area contributed by atoms with Crippen LogP contribution in [0.15, 0.2) is 24.3 Å². The number of ether oxygens (including phenoxy) is 1. The van der Waals surface area contributed by atoms with Crippen molar-refractivity contribution in [1.82, 2.24) is 4.90 Å². The molecule has 1 fully saturated rings. The van der Waals surface area contributed by atoms with Crippen molar-refractivity contribution in [2.24, 2.45) is 5.92 Å². The number of carbonyl (C=O) groups excluding carboxylic acids is 2. The van der Waals surface area contributed by atoms with Crippen molar-refractivity contribution in [3.05, 3.63) is 34.9 Å². The summed E-state index contributed by atoms with van der Waals surface area (Å²) in [5, 5.41) is 0.671. The topological polar surface area (TPSA) is 46.6 Å². The molecule has 0 N–H and O–H groups in total. The lowest BCUT2D eigenvalue weighted by Crippen LogP contribution is -2.32. The maximum absolute atomic E-state index is 12.3. The van der Waals surface area contributed by atoms with Crippen LogP contribution < -0.4 is 0 Å². The minimum Gasteiger partial charge on any atom is -0.445 e. The summed E-state index contributed by atoms with van der Waals surface area (Å²) in [6.07, 6.45) is 1.16. The fourth-order valence-electron chi connectivity index (χ4n) is 2.55. The molecule has 0 unspecified atom stereocenters. The quantitative estimate of drug-likeness (QED) is 0.660. The molecule has 1 aliphatic heterocycles. The molecule has 24 heavy (non-hydrogen) atoms. The minimum atomic E-state index is -1.64. The molecule has 0 aliphatic carbocycles. The van der Waals surface area contributed by atoms with Gasteiger partial charge < -0.3 is 9.64 Å². The fraction of sp³-hybridized carbons (Fsp3) is 0.500. The van der Waals surface area contributed by atoms with Gasteiger partial charge in [0.15, 0.2) is 0 Å². The lowest BCUT2D eigenvalue weighted by molar-refractivity contribution is -0.122. The highest BCUT2D eigenvalue weighted by Crippen LogP contribution is 2.27. The van der Waals surface area contributed by atoms with Gasteiger partial charge in [0.25, 0.3) is 0 Å². The van der Waals surface area contributed by atoms with Gasteiger partial charge in [0.1, 0.15) is 12.4 Å². The Bertz CT molecular complexity index is 586. The van der Waals surface area contributed by atoms with E-state index < -0.39 is 9.89 Å². The Morgan fingerprint density at radius 3 is 2.50 bits per heavy atom. The van der Waals surface area contributed by atoms with Gasteiger partial charge in [0.2, 0.25) is 3.79 Å². The minimum absolute atomic E-state index is 0.140. The predicted molar refractivity (Wildman–Crippen MR) is 96.1 cm³/mol. The Morgan fingerprint density at radius 1 is 1.21 bits per heavy atom. The lowest BCUT2D eigenvalue weighted by Gasteiger charge is -2.18. The van der Waals surface area contributed by atoms with Crippen LogP contribution in [0.3, 0.4) is 0 Å². The van der Waals surface area contributed by atoms with E-state index in [1.807, 2.05) is 12.1 Å². The lowest BCUT2D eigenvalue weighted by atomic mass is 9.97. The normalized spacial score (nSPS) is 17.8. The second-order valence-corrected chi connectivity index (χ2v) is 8.65. The van der Waals surface area contributed by atoms with E-state index in [0.717, 1.165) is 5.56 Å². The van der Waals surface area contributed by atoms with E-state index in [-0.39, 0.29) is 18.3 Å². The monoisotopic (exact) mass is 411 g/mol. The molecule has 1 aromatic carbocycles. The maximum Gasteiger partial charge on any atom is 0.409 e. The van der Waals surface area contributed by atoms with Gasteiger partial charge in [0, 0.05) is 30.5 Å². The predicted octanol–water partition coefficient (Wildman–Crippen LogP) is 4.67. The van der Waals surface area contributed by atoms with Crippen LogP contribution >= 0.6 is 46.4 Å². The molecule has 8 heteroatoms. The van der Waals surface area contributed by atoms with Crippen molar-refractivity contribution in [2.75, 3.05) is 19.7 Å². The van der Waals surface area contributed by atoms with Crippen molar-refractivity contribution in [3.63, 3.8) is 0 Å². The Labute approximate surface area is 160 Å². The van der Waals surface area contributed by atoms with Crippen molar-refractivity contribution in [1.29, 1.82) is 0 Å². The van der Waals surface area contributed by atoms with Crippen molar-refractivity contribution in [2.45, 2.75) is 23.1 Å². The van der Waals surface area contributed by atoms with E-state index in [1.54, 1.807) is 12.1 Å². The molecule has 1 aliphatic rings. The summed E-state index contributed by atoms with van der Waals surface area (Å²) in [5.41, 5.74) is 1.06. The van der Waals surface area contributed by atoms with Gasteiger partial charge >= 0.3 is 6.09 Å². The molecule has 4 nitrogen and oxygen atoms in total. The molecule has 132 valence electrons. The van der Waals surface area contributed by atoms with E-state index in [9.17, 15) is 9.59 Å². The number of likely N-dealkylation sites (tertiary alicyclic amines) is 1. The average Bonchev–Trinajstić information content (AvgIpc) is 3.01. The number of carbonyl (C=O) groups is 2. The first kappa shape index (κ1) is 19.6. The Balaban J connectivity index is 1.76. The summed E-state index contributed by atoms with van der Waals surface area (Å²) in [6, 6.07) is 7.42. The Kier molecular flexibility index (Phi) is 7.05. The number of Topliss-reactive ketones (excluding diaryl/α,β-unsaturated/α-hetero) is 1. The largest absolute Gasteiger partial charge is 0.445 e. The third-order valence-electron chi connectivity index (χ3n) is 3.83. The molecule has 0 bridgehead atoms. The number of hydrogen-bond acceptors (Lipinski definition) is 3. The Morgan fingerprint density at radius 2 is 1.88 bits per heavy atom. The third-order valence-corrected chi connectivity index (χ3v) is 4.41. The van der Waals surface area contributed by atoms with Crippen LogP contribution in [0.4, 0.5) is 4.79 Å². The highest BCUT2D eigenvalue weighted by molar-refractivity contribution is 6.67. The summed E-state index contributed by atoms with van der Waals surface area (Å²) in [7, 11) is 0. The first-order chi connectivity index (χ1) is 11.2. The molecule has 0 saturated carbocycles. The number of benzene rings is 1. The van der Waals surface area contributed by atoms with Crippen LogP contribution in [0.25, 0.3) is 0 Å². The standard InChI is InChI=1S/C16H17Cl4NO3/c17-13-4-1-11(2-5-13)3-6-14(22)12-7-8-21(9-12)15(23)24-10-16(18,19)20/h1-2,4-5,12H,3,6-10H2/t12-/m1/s1. The number of rotatable bonds is 5. The molecule has 2 rings (SSSR count). The van der Waals surface area contributed by atoms with Crippen LogP contribution in [-0.2, 0) is 16.0 Å². The molecule has 1 aromatic rings. The van der Waals surface area contributed by atoms with Crippen LogP contribution in [0.5, 0.6) is 0 Å². The summed E-state index contributed by atoms with van der Waals surface area (Å²) in [5.74, 6) is -0.0285.